The van der Waals surface area contributed by atoms with Gasteiger partial charge in [-0.1, -0.05) is 78.9 Å². The summed E-state index contributed by atoms with van der Waals surface area (Å²) in [6, 6.07) is 30.5. The molecule has 1 aliphatic heterocycles. The lowest BCUT2D eigenvalue weighted by Crippen LogP contribution is -2.29. The van der Waals surface area contributed by atoms with E-state index in [1.165, 1.54) is 0 Å². The lowest BCUT2D eigenvalue weighted by molar-refractivity contribution is -0.123. The molecule has 166 valence electrons. The number of nitrogens with zero attached hydrogens (tertiary/aromatic N) is 2. The van der Waals surface area contributed by atoms with E-state index in [0.717, 1.165) is 26.9 Å². The first-order chi connectivity index (χ1) is 16.6. The number of fused-ring (bicyclic) bond motifs is 1. The van der Waals surface area contributed by atoms with Gasteiger partial charge in [-0.25, -0.2) is 0 Å². The summed E-state index contributed by atoms with van der Waals surface area (Å²) in [5, 5.41) is 7.45. The molecule has 4 aromatic rings. The molecule has 0 aliphatic carbocycles. The van der Waals surface area contributed by atoms with E-state index in [2.05, 4.69) is 23.3 Å². The Balaban J connectivity index is 1.40. The van der Waals surface area contributed by atoms with Crippen LogP contribution in [0.3, 0.4) is 0 Å². The van der Waals surface area contributed by atoms with Crippen LogP contribution >= 0.6 is 0 Å². The van der Waals surface area contributed by atoms with Crippen molar-refractivity contribution in [1.82, 2.24) is 5.01 Å². The quantitative estimate of drug-likeness (QED) is 0.285. The van der Waals surface area contributed by atoms with Crippen LogP contribution in [0.2, 0.25) is 0 Å². The van der Waals surface area contributed by atoms with Crippen LogP contribution in [-0.2, 0) is 11.4 Å². The fraction of sp³-hybridized carbons (Fsp3) is 0.0690. The van der Waals surface area contributed by atoms with Crippen LogP contribution in [0.15, 0.2) is 108 Å². The second-order valence-corrected chi connectivity index (χ2v) is 8.00. The van der Waals surface area contributed by atoms with Crippen LogP contribution in [0.25, 0.3) is 16.8 Å². The Morgan fingerprint density at radius 3 is 2.44 bits per heavy atom. The van der Waals surface area contributed by atoms with Crippen molar-refractivity contribution in [1.29, 1.82) is 0 Å². The summed E-state index contributed by atoms with van der Waals surface area (Å²) in [7, 11) is 0. The zero-order valence-electron chi connectivity index (χ0n) is 18.6. The monoisotopic (exact) mass is 446 g/mol. The molecule has 0 saturated heterocycles. The normalized spacial score (nSPS) is 14.5. The molecular formula is C29H22N2O3. The SMILES string of the molecule is CC1=NN(C(=O)c2ccccc2)C(=O)/C1=C/c1ccccc1OCc1cccc2ccccc12. The van der Waals surface area contributed by atoms with Crippen LogP contribution in [0.5, 0.6) is 5.75 Å². The topological polar surface area (TPSA) is 59.0 Å². The Bertz CT molecular complexity index is 1450. The number of hydrogen-bond donors (Lipinski definition) is 0. The maximum absolute atomic E-state index is 13.1. The molecule has 0 saturated carbocycles. The maximum atomic E-state index is 13.1. The Morgan fingerprint density at radius 2 is 1.59 bits per heavy atom. The van der Waals surface area contributed by atoms with Gasteiger partial charge in [0.15, 0.2) is 0 Å². The summed E-state index contributed by atoms with van der Waals surface area (Å²) in [6.45, 7) is 2.11. The Hall–Kier alpha value is -4.51. The molecule has 2 amide bonds. The van der Waals surface area contributed by atoms with Gasteiger partial charge in [0.1, 0.15) is 12.4 Å². The first-order valence-corrected chi connectivity index (χ1v) is 11.0. The minimum absolute atomic E-state index is 0.366. The van der Waals surface area contributed by atoms with Crippen molar-refractivity contribution in [2.75, 3.05) is 0 Å². The molecule has 0 aromatic heterocycles. The largest absolute Gasteiger partial charge is 0.488 e. The first kappa shape index (κ1) is 21.3. The van der Waals surface area contributed by atoms with Crippen LogP contribution in [0.1, 0.15) is 28.4 Å². The standard InChI is InChI=1S/C29H22N2O3/c1-20-26(29(33)31(30-20)28(32)22-11-3-2-4-12-22)18-23-13-6-8-17-27(23)34-19-24-15-9-14-21-10-5-7-16-25(21)24/h2-18H,19H2,1H3/b26-18+. The summed E-state index contributed by atoms with van der Waals surface area (Å²) < 4.78 is 6.18. The van der Waals surface area contributed by atoms with E-state index in [1.807, 2.05) is 54.6 Å². The second-order valence-electron chi connectivity index (χ2n) is 8.00. The van der Waals surface area contributed by atoms with Gasteiger partial charge >= 0.3 is 0 Å². The van der Waals surface area contributed by atoms with Gasteiger partial charge in [-0.15, -0.1) is 0 Å². The van der Waals surface area contributed by atoms with E-state index < -0.39 is 11.8 Å². The third kappa shape index (κ3) is 4.11. The number of ether oxygens (including phenoxy) is 1. The van der Waals surface area contributed by atoms with Crippen LogP contribution in [-0.4, -0.2) is 22.5 Å². The highest BCUT2D eigenvalue weighted by molar-refractivity contribution is 6.30. The average Bonchev–Trinajstić information content (AvgIpc) is 3.16. The van der Waals surface area contributed by atoms with Crippen LogP contribution in [0, 0.1) is 0 Å². The molecule has 0 radical (unpaired) electrons. The third-order valence-corrected chi connectivity index (χ3v) is 5.76. The molecule has 1 heterocycles. The van der Waals surface area contributed by atoms with Gasteiger partial charge in [0, 0.05) is 11.1 Å². The second kappa shape index (κ2) is 9.16. The van der Waals surface area contributed by atoms with Gasteiger partial charge < -0.3 is 4.74 Å². The summed E-state index contributed by atoms with van der Waals surface area (Å²) >= 11 is 0. The Morgan fingerprint density at radius 1 is 0.882 bits per heavy atom. The minimum Gasteiger partial charge on any atom is -0.488 e. The molecule has 0 bridgehead atoms. The number of rotatable bonds is 5. The van der Waals surface area contributed by atoms with Crippen molar-refractivity contribution in [2.45, 2.75) is 13.5 Å². The van der Waals surface area contributed by atoms with Crippen LogP contribution in [0.4, 0.5) is 0 Å². The minimum atomic E-state index is -0.450. The van der Waals surface area contributed by atoms with Gasteiger partial charge in [-0.05, 0) is 47.5 Å². The number of amides is 2. The van der Waals surface area contributed by atoms with Gasteiger partial charge in [0.2, 0.25) is 0 Å². The van der Waals surface area contributed by atoms with Crippen molar-refractivity contribution in [3.8, 4) is 5.75 Å². The molecule has 5 rings (SSSR count). The Labute approximate surface area is 197 Å². The van der Waals surface area contributed by atoms with Gasteiger partial charge in [-0.3, -0.25) is 9.59 Å². The van der Waals surface area contributed by atoms with E-state index in [4.69, 9.17) is 4.74 Å². The highest BCUT2D eigenvalue weighted by Gasteiger charge is 2.33. The molecule has 0 unspecified atom stereocenters. The molecule has 0 atom stereocenters. The summed E-state index contributed by atoms with van der Waals surface area (Å²) in [5.74, 6) is -0.250. The number of hydrazone groups is 1. The smallest absolute Gasteiger partial charge is 0.283 e. The Kier molecular flexibility index (Phi) is 5.75. The molecule has 0 fully saturated rings. The zero-order chi connectivity index (χ0) is 23.5. The van der Waals surface area contributed by atoms with Crippen molar-refractivity contribution < 1.29 is 14.3 Å². The summed E-state index contributed by atoms with van der Waals surface area (Å²) in [6.07, 6.45) is 1.73. The lowest BCUT2D eigenvalue weighted by atomic mass is 10.0. The maximum Gasteiger partial charge on any atom is 0.283 e. The van der Waals surface area contributed by atoms with E-state index in [0.29, 0.717) is 29.2 Å². The zero-order valence-corrected chi connectivity index (χ0v) is 18.6. The predicted octanol–water partition coefficient (Wildman–Crippen LogP) is 5.86. The number of carbonyl (C=O) groups is 2. The number of hydrogen-bond acceptors (Lipinski definition) is 4. The van der Waals surface area contributed by atoms with Crippen LogP contribution < -0.4 is 4.74 Å². The number of carbonyl (C=O) groups excluding carboxylic acids is 2. The number of benzene rings is 4. The van der Waals surface area contributed by atoms with Gasteiger partial charge in [-0.2, -0.15) is 10.1 Å². The highest BCUT2D eigenvalue weighted by atomic mass is 16.5. The van der Waals surface area contributed by atoms with E-state index >= 15 is 0 Å². The van der Waals surface area contributed by atoms with E-state index in [-0.39, 0.29) is 0 Å². The molecular weight excluding hydrogens is 424 g/mol. The molecule has 5 nitrogen and oxygen atoms in total. The predicted molar refractivity (Wildman–Crippen MR) is 133 cm³/mol. The average molecular weight is 447 g/mol. The van der Waals surface area contributed by atoms with E-state index in [9.17, 15) is 9.59 Å². The first-order valence-electron chi connectivity index (χ1n) is 11.0. The molecule has 34 heavy (non-hydrogen) atoms. The molecule has 4 aromatic carbocycles. The van der Waals surface area contributed by atoms with Crippen molar-refractivity contribution in [3.63, 3.8) is 0 Å². The fourth-order valence-electron chi connectivity index (χ4n) is 3.99. The van der Waals surface area contributed by atoms with Crippen molar-refractivity contribution in [3.05, 3.63) is 119 Å². The lowest BCUT2D eigenvalue weighted by Gasteiger charge is -2.12. The van der Waals surface area contributed by atoms with Crippen molar-refractivity contribution in [2.24, 2.45) is 5.10 Å². The fourth-order valence-corrected chi connectivity index (χ4v) is 3.99. The van der Waals surface area contributed by atoms with Crippen molar-refractivity contribution >= 4 is 34.4 Å². The van der Waals surface area contributed by atoms with Gasteiger partial charge in [0.05, 0.1) is 11.3 Å². The summed E-state index contributed by atoms with van der Waals surface area (Å²) in [5.41, 5.74) is 3.08. The molecule has 5 heteroatoms. The molecule has 0 N–H and O–H groups in total. The third-order valence-electron chi connectivity index (χ3n) is 5.76. The van der Waals surface area contributed by atoms with Gasteiger partial charge in [0.25, 0.3) is 11.8 Å². The summed E-state index contributed by atoms with van der Waals surface area (Å²) in [4.78, 5) is 25.8. The number of para-hydroxylation sites is 1. The molecule has 0 spiro atoms. The molecule has 1 aliphatic rings. The van der Waals surface area contributed by atoms with E-state index in [1.54, 1.807) is 37.3 Å². The highest BCUT2D eigenvalue weighted by Crippen LogP contribution is 2.27. The number of imide groups is 1.